The van der Waals surface area contributed by atoms with Crippen LogP contribution in [0.5, 0.6) is 5.75 Å². The molecule has 0 aliphatic rings. The van der Waals surface area contributed by atoms with Gasteiger partial charge in [0, 0.05) is 22.2 Å². The van der Waals surface area contributed by atoms with Crippen LogP contribution in [-0.2, 0) is 13.2 Å². The maximum atomic E-state index is 6.07. The highest BCUT2D eigenvalue weighted by molar-refractivity contribution is 6.30. The molecule has 2 rings (SSSR count). The second-order valence-corrected chi connectivity index (χ2v) is 5.72. The molecule has 2 nitrogen and oxygen atoms in total. The molecule has 0 saturated carbocycles. The molecular weight excluding hydrogens is 305 g/mol. The van der Waals surface area contributed by atoms with E-state index in [0.29, 0.717) is 6.61 Å². The SMILES string of the molecule is CCCNCc1cc(Cl)ccc1OCc1cccc(Cl)c1. The molecule has 112 valence electrons. The molecule has 0 saturated heterocycles. The van der Waals surface area contributed by atoms with Crippen molar-refractivity contribution in [3.63, 3.8) is 0 Å². The van der Waals surface area contributed by atoms with Crippen molar-refractivity contribution >= 4 is 23.2 Å². The van der Waals surface area contributed by atoms with Crippen molar-refractivity contribution in [2.45, 2.75) is 26.5 Å². The first-order valence-corrected chi connectivity index (χ1v) is 7.81. The summed E-state index contributed by atoms with van der Waals surface area (Å²) in [5.41, 5.74) is 2.11. The normalized spacial score (nSPS) is 10.6. The quantitative estimate of drug-likeness (QED) is 0.718. The van der Waals surface area contributed by atoms with E-state index >= 15 is 0 Å². The summed E-state index contributed by atoms with van der Waals surface area (Å²) < 4.78 is 5.91. The first kappa shape index (κ1) is 16.2. The highest BCUT2D eigenvalue weighted by Crippen LogP contribution is 2.24. The lowest BCUT2D eigenvalue weighted by atomic mass is 10.2. The summed E-state index contributed by atoms with van der Waals surface area (Å²) in [6.07, 6.45) is 1.10. The molecule has 0 unspecified atom stereocenters. The molecule has 0 bridgehead atoms. The Balaban J connectivity index is 2.04. The van der Waals surface area contributed by atoms with Crippen molar-refractivity contribution in [3.8, 4) is 5.75 Å². The van der Waals surface area contributed by atoms with Gasteiger partial charge in [-0.3, -0.25) is 0 Å². The van der Waals surface area contributed by atoms with Gasteiger partial charge < -0.3 is 10.1 Å². The van der Waals surface area contributed by atoms with Gasteiger partial charge in [0.25, 0.3) is 0 Å². The van der Waals surface area contributed by atoms with E-state index in [2.05, 4.69) is 12.2 Å². The third-order valence-electron chi connectivity index (χ3n) is 3.05. The fraction of sp³-hybridized carbons (Fsp3) is 0.294. The van der Waals surface area contributed by atoms with E-state index in [-0.39, 0.29) is 0 Å². The predicted molar refractivity (Wildman–Crippen MR) is 89.2 cm³/mol. The zero-order valence-electron chi connectivity index (χ0n) is 12.0. The van der Waals surface area contributed by atoms with Gasteiger partial charge in [-0.25, -0.2) is 0 Å². The minimum absolute atomic E-state index is 0.489. The largest absolute Gasteiger partial charge is 0.489 e. The van der Waals surface area contributed by atoms with Crippen molar-refractivity contribution in [1.82, 2.24) is 5.32 Å². The number of rotatable bonds is 7. The minimum Gasteiger partial charge on any atom is -0.489 e. The molecule has 0 radical (unpaired) electrons. The van der Waals surface area contributed by atoms with Crippen LogP contribution < -0.4 is 10.1 Å². The topological polar surface area (TPSA) is 21.3 Å². The van der Waals surface area contributed by atoms with Gasteiger partial charge in [-0.15, -0.1) is 0 Å². The maximum Gasteiger partial charge on any atom is 0.124 e. The van der Waals surface area contributed by atoms with Crippen LogP contribution in [0.4, 0.5) is 0 Å². The number of ether oxygens (including phenoxy) is 1. The highest BCUT2D eigenvalue weighted by atomic mass is 35.5. The molecule has 0 aliphatic heterocycles. The fourth-order valence-electron chi connectivity index (χ4n) is 2.01. The lowest BCUT2D eigenvalue weighted by Gasteiger charge is -2.13. The van der Waals surface area contributed by atoms with Crippen LogP contribution in [0, 0.1) is 0 Å². The molecule has 0 spiro atoms. The zero-order chi connectivity index (χ0) is 15.1. The third-order valence-corrected chi connectivity index (χ3v) is 3.52. The van der Waals surface area contributed by atoms with E-state index in [1.54, 1.807) is 0 Å². The van der Waals surface area contributed by atoms with E-state index in [4.69, 9.17) is 27.9 Å². The van der Waals surface area contributed by atoms with Gasteiger partial charge in [0.05, 0.1) is 0 Å². The van der Waals surface area contributed by atoms with E-state index in [9.17, 15) is 0 Å². The van der Waals surface area contributed by atoms with Gasteiger partial charge in [-0.05, 0) is 48.9 Å². The highest BCUT2D eigenvalue weighted by Gasteiger charge is 2.05. The summed E-state index contributed by atoms with van der Waals surface area (Å²) in [4.78, 5) is 0. The molecule has 0 heterocycles. The third kappa shape index (κ3) is 5.24. The molecule has 2 aromatic rings. The summed E-state index contributed by atoms with van der Waals surface area (Å²) in [5, 5.41) is 4.81. The van der Waals surface area contributed by atoms with E-state index in [0.717, 1.165) is 46.4 Å². The van der Waals surface area contributed by atoms with Crippen LogP contribution in [0.2, 0.25) is 10.0 Å². The molecule has 0 atom stereocenters. The number of benzene rings is 2. The first-order valence-electron chi connectivity index (χ1n) is 7.05. The maximum absolute atomic E-state index is 6.07. The number of halogens is 2. The van der Waals surface area contributed by atoms with Gasteiger partial charge in [-0.1, -0.05) is 42.3 Å². The zero-order valence-corrected chi connectivity index (χ0v) is 13.5. The number of nitrogens with one attached hydrogen (secondary N) is 1. The Morgan fingerprint density at radius 3 is 2.62 bits per heavy atom. The van der Waals surface area contributed by atoms with Crippen LogP contribution in [0.1, 0.15) is 24.5 Å². The standard InChI is InChI=1S/C17H19Cl2NO/c1-2-8-20-11-14-10-16(19)6-7-17(14)21-12-13-4-3-5-15(18)9-13/h3-7,9-10,20H,2,8,11-12H2,1H3. The molecule has 4 heteroatoms. The molecule has 1 N–H and O–H groups in total. The number of hydrogen-bond donors (Lipinski definition) is 1. The number of hydrogen-bond acceptors (Lipinski definition) is 2. The summed E-state index contributed by atoms with van der Waals surface area (Å²) in [7, 11) is 0. The monoisotopic (exact) mass is 323 g/mol. The van der Waals surface area contributed by atoms with Crippen molar-refractivity contribution in [1.29, 1.82) is 0 Å². The summed E-state index contributed by atoms with van der Waals surface area (Å²) in [5.74, 6) is 0.850. The van der Waals surface area contributed by atoms with Gasteiger partial charge >= 0.3 is 0 Å². The fourth-order valence-corrected chi connectivity index (χ4v) is 2.42. The molecule has 0 aliphatic carbocycles. The van der Waals surface area contributed by atoms with E-state index in [1.165, 1.54) is 0 Å². The molecule has 0 aromatic heterocycles. The first-order chi connectivity index (χ1) is 10.2. The Morgan fingerprint density at radius 2 is 1.86 bits per heavy atom. The molecule has 21 heavy (non-hydrogen) atoms. The van der Waals surface area contributed by atoms with E-state index < -0.39 is 0 Å². The summed E-state index contributed by atoms with van der Waals surface area (Å²) >= 11 is 12.0. The second-order valence-electron chi connectivity index (χ2n) is 4.85. The lowest BCUT2D eigenvalue weighted by molar-refractivity contribution is 0.302. The molecule has 0 fully saturated rings. The van der Waals surface area contributed by atoms with Gasteiger partial charge in [0.1, 0.15) is 12.4 Å². The Hall–Kier alpha value is -1.22. The van der Waals surface area contributed by atoms with E-state index in [1.807, 2.05) is 42.5 Å². The molecular formula is C17H19Cl2NO. The van der Waals surface area contributed by atoms with Gasteiger partial charge in [-0.2, -0.15) is 0 Å². The minimum atomic E-state index is 0.489. The van der Waals surface area contributed by atoms with Crippen LogP contribution in [0.3, 0.4) is 0 Å². The van der Waals surface area contributed by atoms with Gasteiger partial charge in [0.2, 0.25) is 0 Å². The van der Waals surface area contributed by atoms with Crippen molar-refractivity contribution in [2.75, 3.05) is 6.54 Å². The summed E-state index contributed by atoms with van der Waals surface area (Å²) in [6, 6.07) is 13.4. The van der Waals surface area contributed by atoms with Crippen LogP contribution in [0.25, 0.3) is 0 Å². The second kappa shape index (κ2) is 8.28. The summed E-state index contributed by atoms with van der Waals surface area (Å²) in [6.45, 7) is 4.35. The van der Waals surface area contributed by atoms with Crippen LogP contribution in [0.15, 0.2) is 42.5 Å². The van der Waals surface area contributed by atoms with Crippen LogP contribution >= 0.6 is 23.2 Å². The Kier molecular flexibility index (Phi) is 6.37. The van der Waals surface area contributed by atoms with Crippen LogP contribution in [-0.4, -0.2) is 6.54 Å². The molecule has 2 aromatic carbocycles. The van der Waals surface area contributed by atoms with Crippen molar-refractivity contribution in [3.05, 3.63) is 63.6 Å². The van der Waals surface area contributed by atoms with Gasteiger partial charge in [0.15, 0.2) is 0 Å². The Morgan fingerprint density at radius 1 is 1.05 bits per heavy atom. The molecule has 0 amide bonds. The smallest absolute Gasteiger partial charge is 0.124 e. The average molecular weight is 324 g/mol. The predicted octanol–water partition coefficient (Wildman–Crippen LogP) is 5.07. The Labute approximate surface area is 136 Å². The Bertz CT molecular complexity index is 587. The van der Waals surface area contributed by atoms with Crippen molar-refractivity contribution < 1.29 is 4.74 Å². The lowest BCUT2D eigenvalue weighted by Crippen LogP contribution is -2.14. The average Bonchev–Trinajstić information content (AvgIpc) is 2.47. The van der Waals surface area contributed by atoms with Crippen molar-refractivity contribution in [2.24, 2.45) is 0 Å².